The van der Waals surface area contributed by atoms with Crippen molar-refractivity contribution >= 4 is 46.5 Å². The van der Waals surface area contributed by atoms with Crippen LogP contribution < -0.4 is 15.0 Å². The van der Waals surface area contributed by atoms with Crippen LogP contribution in [-0.4, -0.2) is 50.3 Å². The molecule has 0 atom stereocenters. The zero-order chi connectivity index (χ0) is 23.8. The molecule has 0 aliphatic carbocycles. The van der Waals surface area contributed by atoms with Gasteiger partial charge in [-0.1, -0.05) is 29.3 Å². The molecule has 33 heavy (non-hydrogen) atoms. The van der Waals surface area contributed by atoms with Gasteiger partial charge in [-0.3, -0.25) is 0 Å². The molecule has 2 N–H and O–H groups in total. The predicted octanol–water partition coefficient (Wildman–Crippen LogP) is 5.34. The molecule has 3 aromatic rings. The number of carbonyl (C=O) groups is 1. The summed E-state index contributed by atoms with van der Waals surface area (Å²) in [6, 6.07) is 5.12. The van der Waals surface area contributed by atoms with Crippen LogP contribution in [0.15, 0.2) is 24.4 Å². The molecule has 0 bridgehead atoms. The lowest BCUT2D eigenvalue weighted by molar-refractivity contribution is 0.0448. The Bertz CT molecular complexity index is 1170. The van der Waals surface area contributed by atoms with E-state index in [0.29, 0.717) is 46.1 Å². The van der Waals surface area contributed by atoms with Gasteiger partial charge in [0.1, 0.15) is 16.4 Å². The summed E-state index contributed by atoms with van der Waals surface area (Å²) in [5, 5.41) is 3.71. The van der Waals surface area contributed by atoms with E-state index in [-0.39, 0.29) is 11.4 Å². The van der Waals surface area contributed by atoms with E-state index in [9.17, 15) is 4.79 Å². The summed E-state index contributed by atoms with van der Waals surface area (Å²) in [4.78, 5) is 30.9. The highest BCUT2D eigenvalue weighted by Crippen LogP contribution is 2.34. The number of anilines is 1. The molecular weight excluding hydrogens is 467 g/mol. The van der Waals surface area contributed by atoms with Crippen molar-refractivity contribution in [3.63, 3.8) is 0 Å². The maximum Gasteiger partial charge on any atom is 0.408 e. The number of amides is 1. The van der Waals surface area contributed by atoms with Gasteiger partial charge in [-0.05, 0) is 52.7 Å². The second-order valence-electron chi connectivity index (χ2n) is 9.27. The minimum Gasteiger partial charge on any atom is -0.444 e. The van der Waals surface area contributed by atoms with Crippen LogP contribution >= 0.6 is 23.2 Å². The maximum absolute atomic E-state index is 12.2. The molecule has 1 aliphatic rings. The maximum atomic E-state index is 12.2. The Hall–Kier alpha value is -2.78. The van der Waals surface area contributed by atoms with Gasteiger partial charge >= 0.3 is 6.09 Å². The number of halogens is 2. The fourth-order valence-electron chi connectivity index (χ4n) is 3.53. The number of rotatable bonds is 4. The Kier molecular flexibility index (Phi) is 6.28. The number of alkyl carbamates (subject to hydrolysis) is 1. The lowest BCUT2D eigenvalue weighted by Gasteiger charge is -2.39. The van der Waals surface area contributed by atoms with E-state index < -0.39 is 11.7 Å². The van der Waals surface area contributed by atoms with E-state index in [0.717, 1.165) is 12.8 Å². The van der Waals surface area contributed by atoms with Gasteiger partial charge < -0.3 is 24.7 Å². The Labute approximate surface area is 201 Å². The first-order valence-electron chi connectivity index (χ1n) is 10.6. The Balaban J connectivity index is 1.42. The van der Waals surface area contributed by atoms with Gasteiger partial charge in [-0.15, -0.1) is 0 Å². The molecule has 0 saturated carbocycles. The summed E-state index contributed by atoms with van der Waals surface area (Å²) in [5.41, 5.74) is 0.102. The Morgan fingerprint density at radius 2 is 1.94 bits per heavy atom. The normalized spacial score (nSPS) is 16.0. The van der Waals surface area contributed by atoms with Crippen LogP contribution in [0.3, 0.4) is 0 Å². The molecule has 1 saturated heterocycles. The minimum absolute atomic E-state index is 0.273. The molecule has 0 unspecified atom stereocenters. The van der Waals surface area contributed by atoms with Gasteiger partial charge in [0, 0.05) is 18.6 Å². The second-order valence-corrected chi connectivity index (χ2v) is 10.1. The fourth-order valence-corrected chi connectivity index (χ4v) is 3.86. The zero-order valence-corrected chi connectivity index (χ0v) is 20.4. The van der Waals surface area contributed by atoms with Crippen LogP contribution in [0.5, 0.6) is 11.6 Å². The highest BCUT2D eigenvalue weighted by atomic mass is 35.5. The van der Waals surface area contributed by atoms with Crippen LogP contribution in [0.1, 0.15) is 40.5 Å². The average Bonchev–Trinajstić information content (AvgIpc) is 3.13. The first-order chi connectivity index (χ1) is 15.5. The number of aromatic amines is 1. The highest BCUT2D eigenvalue weighted by molar-refractivity contribution is 6.42. The molecule has 4 rings (SSSR count). The summed E-state index contributed by atoms with van der Waals surface area (Å²) < 4.78 is 11.1. The van der Waals surface area contributed by atoms with Crippen LogP contribution in [0, 0.1) is 0 Å². The molecule has 2 aromatic heterocycles. The molecule has 3 heterocycles. The van der Waals surface area contributed by atoms with E-state index in [1.807, 2.05) is 27.7 Å². The van der Waals surface area contributed by atoms with Crippen molar-refractivity contribution in [2.24, 2.45) is 0 Å². The quantitative estimate of drug-likeness (QED) is 0.506. The molecule has 1 aliphatic heterocycles. The van der Waals surface area contributed by atoms with Crippen molar-refractivity contribution in [1.29, 1.82) is 0 Å². The van der Waals surface area contributed by atoms with E-state index in [1.165, 1.54) is 6.20 Å². The average molecular weight is 493 g/mol. The number of piperidine rings is 1. The van der Waals surface area contributed by atoms with E-state index >= 15 is 0 Å². The minimum atomic E-state index is -0.532. The number of fused-ring (bicyclic) bond motifs is 1. The third-order valence-corrected chi connectivity index (χ3v) is 6.07. The van der Waals surface area contributed by atoms with Gasteiger partial charge in [-0.2, -0.15) is 9.97 Å². The number of aromatic nitrogens is 4. The number of nitrogens with zero attached hydrogens (tertiary/aromatic N) is 4. The number of imidazole rings is 1. The molecule has 0 radical (unpaired) electrons. The summed E-state index contributed by atoms with van der Waals surface area (Å²) in [6.07, 6.45) is 2.57. The van der Waals surface area contributed by atoms with Gasteiger partial charge in [0.05, 0.1) is 11.2 Å². The Morgan fingerprint density at radius 3 is 2.64 bits per heavy atom. The number of carbonyl (C=O) groups excluding carboxylic acids is 1. The highest BCUT2D eigenvalue weighted by Gasteiger charge is 2.34. The number of hydrogen-bond acceptors (Lipinski definition) is 7. The van der Waals surface area contributed by atoms with Crippen LogP contribution in [-0.2, 0) is 4.74 Å². The van der Waals surface area contributed by atoms with Gasteiger partial charge in [0.2, 0.25) is 11.8 Å². The van der Waals surface area contributed by atoms with Crippen molar-refractivity contribution in [2.75, 3.05) is 18.0 Å². The fraction of sp³-hybridized carbons (Fsp3) is 0.455. The zero-order valence-electron chi connectivity index (χ0n) is 18.9. The first-order valence-corrected chi connectivity index (χ1v) is 11.4. The van der Waals surface area contributed by atoms with Crippen LogP contribution in [0.4, 0.5) is 10.7 Å². The summed E-state index contributed by atoms with van der Waals surface area (Å²) in [6.45, 7) is 8.98. The van der Waals surface area contributed by atoms with Gasteiger partial charge in [0.15, 0.2) is 11.3 Å². The molecule has 11 heteroatoms. The monoisotopic (exact) mass is 492 g/mol. The van der Waals surface area contributed by atoms with Crippen molar-refractivity contribution in [3.05, 3.63) is 34.4 Å². The molecule has 9 nitrogen and oxygen atoms in total. The number of hydrogen-bond donors (Lipinski definition) is 2. The summed E-state index contributed by atoms with van der Waals surface area (Å²) >= 11 is 12.2. The Morgan fingerprint density at radius 1 is 1.21 bits per heavy atom. The molecular formula is C22H26Cl2N6O3. The number of nitrogens with one attached hydrogen (secondary N) is 2. The smallest absolute Gasteiger partial charge is 0.408 e. The lowest BCUT2D eigenvalue weighted by Crippen LogP contribution is -2.54. The SMILES string of the molecule is CC1(NC(=O)OC(C)(C)C)CCN(c2nc3ncc(Oc4cccc(Cl)c4Cl)nc3[nH]2)CC1. The largest absolute Gasteiger partial charge is 0.444 e. The third kappa shape index (κ3) is 5.59. The molecule has 176 valence electrons. The van der Waals surface area contributed by atoms with Crippen LogP contribution in [0.2, 0.25) is 10.0 Å². The van der Waals surface area contributed by atoms with E-state index in [2.05, 4.69) is 30.2 Å². The number of H-pyrrole nitrogens is 1. The summed E-state index contributed by atoms with van der Waals surface area (Å²) in [5.74, 6) is 1.34. The van der Waals surface area contributed by atoms with Crippen molar-refractivity contribution in [2.45, 2.75) is 51.7 Å². The molecule has 1 amide bonds. The van der Waals surface area contributed by atoms with Crippen molar-refractivity contribution in [1.82, 2.24) is 25.3 Å². The first kappa shape index (κ1) is 23.4. The molecule has 1 fully saturated rings. The predicted molar refractivity (Wildman–Crippen MR) is 127 cm³/mol. The third-order valence-electron chi connectivity index (χ3n) is 5.27. The molecule has 1 aromatic carbocycles. The number of ether oxygens (including phenoxy) is 2. The standard InChI is InChI=1S/C22H26Cl2N6O3/c1-21(2,3)33-20(31)29-22(4)8-10-30(11-9-22)19-27-17-18(28-19)26-15(12-25-17)32-14-7-5-6-13(23)16(14)24/h5-7,12H,8-11H2,1-4H3,(H,29,31)(H,25,26,27,28). The second kappa shape index (κ2) is 8.87. The number of benzene rings is 1. The lowest BCUT2D eigenvalue weighted by atomic mass is 9.90. The van der Waals surface area contributed by atoms with E-state index in [1.54, 1.807) is 18.2 Å². The van der Waals surface area contributed by atoms with Crippen molar-refractivity contribution in [3.8, 4) is 11.6 Å². The van der Waals surface area contributed by atoms with E-state index in [4.69, 9.17) is 32.7 Å². The van der Waals surface area contributed by atoms with Crippen LogP contribution in [0.25, 0.3) is 11.3 Å². The van der Waals surface area contributed by atoms with Gasteiger partial charge in [0.25, 0.3) is 0 Å². The molecule has 0 spiro atoms. The van der Waals surface area contributed by atoms with Gasteiger partial charge in [-0.25, -0.2) is 9.78 Å². The van der Waals surface area contributed by atoms with Crippen molar-refractivity contribution < 1.29 is 14.3 Å². The topological polar surface area (TPSA) is 105 Å². The summed E-state index contributed by atoms with van der Waals surface area (Å²) in [7, 11) is 0.